The summed E-state index contributed by atoms with van der Waals surface area (Å²) in [5.41, 5.74) is 1.18. The molecule has 0 saturated heterocycles. The van der Waals surface area contributed by atoms with Crippen molar-refractivity contribution in [3.05, 3.63) is 17.7 Å². The Kier molecular flexibility index (Phi) is 3.16. The Bertz CT molecular complexity index is 368. The van der Waals surface area contributed by atoms with Crippen LogP contribution in [-0.2, 0) is 11.3 Å². The van der Waals surface area contributed by atoms with Crippen LogP contribution in [0, 0.1) is 5.92 Å². The van der Waals surface area contributed by atoms with E-state index in [1.54, 1.807) is 0 Å². The average Bonchev–Trinajstić information content (AvgIpc) is 3.23. The zero-order valence-electron chi connectivity index (χ0n) is 10.4. The van der Waals surface area contributed by atoms with E-state index in [-0.39, 0.29) is 6.10 Å². The van der Waals surface area contributed by atoms with Crippen LogP contribution in [0.2, 0.25) is 0 Å². The van der Waals surface area contributed by atoms with E-state index >= 15 is 0 Å². The van der Waals surface area contributed by atoms with Gasteiger partial charge >= 0.3 is 0 Å². The number of hydrogen-bond acceptors (Lipinski definition) is 3. The standard InChI is InChI=1S/C13H21N3O/c1-2-17-12(9-3-4-9)13-15-8-11(16-13)7-14-10-5-6-10/h8-10,12,14H,2-7H2,1H3,(H,15,16). The molecule has 0 aliphatic heterocycles. The molecule has 4 heteroatoms. The van der Waals surface area contributed by atoms with Crippen LogP contribution in [0.15, 0.2) is 6.20 Å². The molecule has 2 aliphatic rings. The van der Waals surface area contributed by atoms with Gasteiger partial charge in [0.2, 0.25) is 0 Å². The largest absolute Gasteiger partial charge is 0.370 e. The average molecular weight is 235 g/mol. The zero-order chi connectivity index (χ0) is 11.7. The Morgan fingerprint density at radius 1 is 1.47 bits per heavy atom. The molecule has 2 N–H and O–H groups in total. The first kappa shape index (κ1) is 11.2. The summed E-state index contributed by atoms with van der Waals surface area (Å²) in [4.78, 5) is 7.88. The van der Waals surface area contributed by atoms with Gasteiger partial charge in [0.25, 0.3) is 0 Å². The minimum atomic E-state index is 0.190. The molecule has 3 rings (SSSR count). The van der Waals surface area contributed by atoms with Gasteiger partial charge in [-0.1, -0.05) is 0 Å². The van der Waals surface area contributed by atoms with Gasteiger partial charge in [-0.2, -0.15) is 0 Å². The van der Waals surface area contributed by atoms with Crippen molar-refractivity contribution in [1.29, 1.82) is 0 Å². The Hall–Kier alpha value is -0.870. The highest BCUT2D eigenvalue weighted by Gasteiger charge is 2.34. The molecule has 1 aromatic rings. The Balaban J connectivity index is 1.60. The highest BCUT2D eigenvalue weighted by molar-refractivity contribution is 5.07. The molecule has 2 fully saturated rings. The molecule has 4 nitrogen and oxygen atoms in total. The van der Waals surface area contributed by atoms with Gasteiger partial charge in [0.1, 0.15) is 11.9 Å². The van der Waals surface area contributed by atoms with Crippen LogP contribution in [0.5, 0.6) is 0 Å². The maximum Gasteiger partial charge on any atom is 0.135 e. The molecular weight excluding hydrogens is 214 g/mol. The van der Waals surface area contributed by atoms with Gasteiger partial charge in [-0.05, 0) is 38.5 Å². The molecule has 17 heavy (non-hydrogen) atoms. The number of nitrogens with zero attached hydrogens (tertiary/aromatic N) is 1. The molecule has 1 heterocycles. The summed E-state index contributed by atoms with van der Waals surface area (Å²) in [6.07, 6.45) is 7.34. The molecular formula is C13H21N3O. The number of aromatic nitrogens is 2. The molecule has 94 valence electrons. The van der Waals surface area contributed by atoms with E-state index in [9.17, 15) is 0 Å². The van der Waals surface area contributed by atoms with Crippen LogP contribution in [0.25, 0.3) is 0 Å². The van der Waals surface area contributed by atoms with E-state index in [1.807, 2.05) is 13.1 Å². The van der Waals surface area contributed by atoms with Crippen molar-refractivity contribution >= 4 is 0 Å². The Morgan fingerprint density at radius 3 is 2.94 bits per heavy atom. The molecule has 0 radical (unpaired) electrons. The fourth-order valence-electron chi connectivity index (χ4n) is 2.17. The van der Waals surface area contributed by atoms with Gasteiger partial charge in [0, 0.05) is 31.1 Å². The van der Waals surface area contributed by atoms with Gasteiger partial charge in [0.05, 0.1) is 0 Å². The number of nitrogens with one attached hydrogen (secondary N) is 2. The number of imidazole rings is 1. The second-order valence-corrected chi connectivity index (χ2v) is 5.16. The highest BCUT2D eigenvalue weighted by atomic mass is 16.5. The molecule has 0 bridgehead atoms. The van der Waals surface area contributed by atoms with Crippen molar-refractivity contribution in [3.8, 4) is 0 Å². The van der Waals surface area contributed by atoms with E-state index in [2.05, 4.69) is 15.3 Å². The van der Waals surface area contributed by atoms with E-state index in [1.165, 1.54) is 31.4 Å². The summed E-state index contributed by atoms with van der Waals surface area (Å²) in [6.45, 7) is 3.71. The third-order valence-electron chi connectivity index (χ3n) is 3.47. The summed E-state index contributed by atoms with van der Waals surface area (Å²) in [6, 6.07) is 0.743. The van der Waals surface area contributed by atoms with Gasteiger partial charge in [-0.3, -0.25) is 0 Å². The van der Waals surface area contributed by atoms with E-state index in [0.29, 0.717) is 5.92 Å². The molecule has 1 unspecified atom stereocenters. The number of hydrogen-bond donors (Lipinski definition) is 2. The van der Waals surface area contributed by atoms with Crippen LogP contribution in [0.3, 0.4) is 0 Å². The minimum absolute atomic E-state index is 0.190. The van der Waals surface area contributed by atoms with E-state index < -0.39 is 0 Å². The summed E-state index contributed by atoms with van der Waals surface area (Å²) < 4.78 is 5.79. The maximum atomic E-state index is 5.79. The Labute approximate surface area is 102 Å². The van der Waals surface area contributed by atoms with Crippen molar-refractivity contribution in [2.75, 3.05) is 6.61 Å². The first-order valence-corrected chi connectivity index (χ1v) is 6.75. The zero-order valence-corrected chi connectivity index (χ0v) is 10.4. The second kappa shape index (κ2) is 4.78. The van der Waals surface area contributed by atoms with E-state index in [4.69, 9.17) is 4.74 Å². The third-order valence-corrected chi connectivity index (χ3v) is 3.47. The van der Waals surface area contributed by atoms with Gasteiger partial charge in [-0.15, -0.1) is 0 Å². The lowest BCUT2D eigenvalue weighted by Gasteiger charge is -2.13. The van der Waals surface area contributed by atoms with Gasteiger partial charge in [-0.25, -0.2) is 4.98 Å². The van der Waals surface area contributed by atoms with Crippen molar-refractivity contribution in [2.45, 2.75) is 51.3 Å². The fourth-order valence-corrected chi connectivity index (χ4v) is 2.17. The van der Waals surface area contributed by atoms with Crippen molar-refractivity contribution in [2.24, 2.45) is 5.92 Å². The lowest BCUT2D eigenvalue weighted by molar-refractivity contribution is 0.0405. The number of H-pyrrole nitrogens is 1. The molecule has 0 spiro atoms. The van der Waals surface area contributed by atoms with Crippen molar-refractivity contribution in [1.82, 2.24) is 15.3 Å². The maximum absolute atomic E-state index is 5.79. The molecule has 0 aromatic carbocycles. The van der Waals surface area contributed by atoms with Crippen LogP contribution >= 0.6 is 0 Å². The first-order chi connectivity index (χ1) is 8.36. The van der Waals surface area contributed by atoms with Crippen molar-refractivity contribution in [3.63, 3.8) is 0 Å². The van der Waals surface area contributed by atoms with Gasteiger partial charge in [0.15, 0.2) is 0 Å². The molecule has 2 aliphatic carbocycles. The quantitative estimate of drug-likeness (QED) is 0.761. The smallest absolute Gasteiger partial charge is 0.135 e. The molecule has 2 saturated carbocycles. The molecule has 1 aromatic heterocycles. The second-order valence-electron chi connectivity index (χ2n) is 5.16. The first-order valence-electron chi connectivity index (χ1n) is 6.75. The fraction of sp³-hybridized carbons (Fsp3) is 0.769. The van der Waals surface area contributed by atoms with Crippen LogP contribution in [-0.4, -0.2) is 22.6 Å². The molecule has 0 amide bonds. The predicted molar refractivity (Wildman–Crippen MR) is 65.5 cm³/mol. The van der Waals surface area contributed by atoms with Crippen LogP contribution in [0.4, 0.5) is 0 Å². The highest BCUT2D eigenvalue weighted by Crippen LogP contribution is 2.42. The van der Waals surface area contributed by atoms with Crippen LogP contribution in [0.1, 0.15) is 50.2 Å². The van der Waals surface area contributed by atoms with Crippen molar-refractivity contribution < 1.29 is 4.74 Å². The third kappa shape index (κ3) is 2.87. The number of rotatable bonds is 7. The lowest BCUT2D eigenvalue weighted by atomic mass is 10.2. The topological polar surface area (TPSA) is 49.9 Å². The summed E-state index contributed by atoms with van der Waals surface area (Å²) >= 11 is 0. The van der Waals surface area contributed by atoms with E-state index in [0.717, 1.165) is 25.0 Å². The molecule has 1 atom stereocenters. The number of aromatic amines is 1. The predicted octanol–water partition coefficient (Wildman–Crippen LogP) is 2.15. The summed E-state index contributed by atoms with van der Waals surface area (Å²) in [5.74, 6) is 1.70. The summed E-state index contributed by atoms with van der Waals surface area (Å²) in [5, 5.41) is 3.49. The minimum Gasteiger partial charge on any atom is -0.370 e. The SMILES string of the molecule is CCOC(c1ncc(CNC2CC2)[nH]1)C1CC1. The van der Waals surface area contributed by atoms with Crippen LogP contribution < -0.4 is 5.32 Å². The summed E-state index contributed by atoms with van der Waals surface area (Å²) in [7, 11) is 0. The Morgan fingerprint density at radius 2 is 2.29 bits per heavy atom. The normalized spacial score (nSPS) is 21.7. The van der Waals surface area contributed by atoms with Gasteiger partial charge < -0.3 is 15.0 Å². The lowest BCUT2D eigenvalue weighted by Crippen LogP contribution is -2.15. The monoisotopic (exact) mass is 235 g/mol. The number of ether oxygens (including phenoxy) is 1.